The van der Waals surface area contributed by atoms with E-state index in [2.05, 4.69) is 14.9 Å². The second-order valence-electron chi connectivity index (χ2n) is 5.63. The van der Waals surface area contributed by atoms with E-state index in [1.54, 1.807) is 22.8 Å². The van der Waals surface area contributed by atoms with E-state index in [-0.39, 0.29) is 12.1 Å². The van der Waals surface area contributed by atoms with Gasteiger partial charge in [-0.25, -0.2) is 23.2 Å². The average molecular weight is 382 g/mol. The van der Waals surface area contributed by atoms with Gasteiger partial charge >= 0.3 is 12.1 Å². The molecule has 0 bridgehead atoms. The number of aromatic nitrogens is 2. The van der Waals surface area contributed by atoms with Gasteiger partial charge < -0.3 is 10.0 Å². The molecule has 2 atom stereocenters. The summed E-state index contributed by atoms with van der Waals surface area (Å²) < 4.78 is 56.8. The van der Waals surface area contributed by atoms with Gasteiger partial charge in [0.2, 0.25) is 16.0 Å². The lowest BCUT2D eigenvalue weighted by molar-refractivity contribution is -0.192. The van der Waals surface area contributed by atoms with Crippen LogP contribution in [0.15, 0.2) is 18.5 Å². The zero-order valence-corrected chi connectivity index (χ0v) is 14.0. The molecule has 0 spiro atoms. The van der Waals surface area contributed by atoms with E-state index < -0.39 is 22.2 Å². The van der Waals surface area contributed by atoms with Crippen molar-refractivity contribution in [2.75, 3.05) is 24.2 Å². The third-order valence-electron chi connectivity index (χ3n) is 4.00. The van der Waals surface area contributed by atoms with Crippen molar-refractivity contribution >= 4 is 21.9 Å². The van der Waals surface area contributed by atoms with E-state index in [9.17, 15) is 21.6 Å². The van der Waals surface area contributed by atoms with E-state index >= 15 is 0 Å². The van der Waals surface area contributed by atoms with Crippen LogP contribution in [0.4, 0.5) is 19.1 Å². The molecule has 1 aromatic heterocycles. The molecule has 2 aliphatic rings. The monoisotopic (exact) mass is 382 g/mol. The molecule has 25 heavy (non-hydrogen) atoms. The average Bonchev–Trinajstić information content (AvgIpc) is 3.08. The third kappa shape index (κ3) is 4.57. The first-order chi connectivity index (χ1) is 11.5. The van der Waals surface area contributed by atoms with Crippen molar-refractivity contribution in [2.45, 2.75) is 31.1 Å². The van der Waals surface area contributed by atoms with Gasteiger partial charge in [-0.3, -0.25) is 0 Å². The standard InChI is InChI=1S/C11H16N4O2S.C2HF3O2/c1-18(16,17)15-8-4-9-10(15)3-7-14(9)11-12-5-2-6-13-11;3-2(4,5)1(6)7/h2,5-6,9-10H,3-4,7-8H2,1H3;(H,6,7)/t9-,10+;/m0./s1. The van der Waals surface area contributed by atoms with Crippen LogP contribution in [0, 0.1) is 0 Å². The molecule has 0 radical (unpaired) electrons. The van der Waals surface area contributed by atoms with E-state index in [4.69, 9.17) is 9.90 Å². The van der Waals surface area contributed by atoms with Gasteiger partial charge in [-0.15, -0.1) is 0 Å². The molecule has 2 fully saturated rings. The molecule has 0 amide bonds. The Labute approximate surface area is 142 Å². The second-order valence-corrected chi connectivity index (χ2v) is 7.57. The van der Waals surface area contributed by atoms with Gasteiger partial charge in [-0.2, -0.15) is 17.5 Å². The Morgan fingerprint density at radius 1 is 1.20 bits per heavy atom. The summed E-state index contributed by atoms with van der Waals surface area (Å²) >= 11 is 0. The number of anilines is 1. The topological polar surface area (TPSA) is 104 Å². The SMILES string of the molecule is CS(=O)(=O)N1CC[C@H]2[C@H]1CCN2c1ncccn1.O=C(O)C(F)(F)F. The van der Waals surface area contributed by atoms with Crippen LogP contribution in [-0.4, -0.2) is 71.4 Å². The summed E-state index contributed by atoms with van der Waals surface area (Å²) in [5.74, 6) is -2.05. The number of carboxylic acid groups (broad SMARTS) is 1. The first kappa shape index (κ1) is 19.4. The van der Waals surface area contributed by atoms with Crippen molar-refractivity contribution in [1.82, 2.24) is 14.3 Å². The van der Waals surface area contributed by atoms with Crippen LogP contribution >= 0.6 is 0 Å². The number of halogens is 3. The van der Waals surface area contributed by atoms with Crippen LogP contribution < -0.4 is 4.90 Å². The highest BCUT2D eigenvalue weighted by molar-refractivity contribution is 7.88. The maximum Gasteiger partial charge on any atom is 0.490 e. The number of fused-ring (bicyclic) bond motifs is 1. The van der Waals surface area contributed by atoms with Crippen LogP contribution in [0.2, 0.25) is 0 Å². The van der Waals surface area contributed by atoms with Gasteiger partial charge in [0.1, 0.15) is 0 Å². The van der Waals surface area contributed by atoms with Crippen molar-refractivity contribution < 1.29 is 31.5 Å². The second kappa shape index (κ2) is 7.12. The maximum atomic E-state index is 11.7. The van der Waals surface area contributed by atoms with Gasteiger partial charge in [-0.1, -0.05) is 0 Å². The molecule has 0 aliphatic carbocycles. The van der Waals surface area contributed by atoms with Crippen molar-refractivity contribution in [1.29, 1.82) is 0 Å². The van der Waals surface area contributed by atoms with Crippen LogP contribution in [0.25, 0.3) is 0 Å². The summed E-state index contributed by atoms with van der Waals surface area (Å²) in [6, 6.07) is 2.10. The quantitative estimate of drug-likeness (QED) is 0.804. The number of sulfonamides is 1. The summed E-state index contributed by atoms with van der Waals surface area (Å²) in [7, 11) is -3.10. The molecule has 8 nitrogen and oxygen atoms in total. The Bertz CT molecular complexity index is 714. The number of hydrogen-bond acceptors (Lipinski definition) is 6. The summed E-state index contributed by atoms with van der Waals surface area (Å²) in [5.41, 5.74) is 0. The fraction of sp³-hybridized carbons (Fsp3) is 0.615. The molecular formula is C13H17F3N4O4S. The molecule has 2 aliphatic heterocycles. The van der Waals surface area contributed by atoms with Gasteiger partial charge in [-0.05, 0) is 18.9 Å². The number of carbonyl (C=O) groups is 1. The Morgan fingerprint density at radius 3 is 2.20 bits per heavy atom. The van der Waals surface area contributed by atoms with Crippen LogP contribution in [0.1, 0.15) is 12.8 Å². The van der Waals surface area contributed by atoms with E-state index in [0.717, 1.165) is 19.4 Å². The molecule has 0 saturated carbocycles. The van der Waals surface area contributed by atoms with Crippen LogP contribution in [-0.2, 0) is 14.8 Å². The predicted octanol–water partition coefficient (Wildman–Crippen LogP) is 0.722. The molecule has 3 heterocycles. The highest BCUT2D eigenvalue weighted by Crippen LogP contribution is 2.34. The molecular weight excluding hydrogens is 365 g/mol. The van der Waals surface area contributed by atoms with E-state index in [1.165, 1.54) is 6.26 Å². The predicted molar refractivity (Wildman–Crippen MR) is 81.4 cm³/mol. The van der Waals surface area contributed by atoms with Gasteiger partial charge in [0.05, 0.1) is 6.26 Å². The van der Waals surface area contributed by atoms with Crippen molar-refractivity contribution in [2.24, 2.45) is 0 Å². The zero-order chi connectivity index (χ0) is 18.8. The number of hydrogen-bond donors (Lipinski definition) is 1. The Hall–Kier alpha value is -1.95. The minimum atomic E-state index is -5.08. The van der Waals surface area contributed by atoms with E-state index in [1.807, 2.05) is 0 Å². The minimum Gasteiger partial charge on any atom is -0.475 e. The zero-order valence-electron chi connectivity index (χ0n) is 13.2. The molecule has 140 valence electrons. The normalized spacial score (nSPS) is 23.8. The lowest BCUT2D eigenvalue weighted by Crippen LogP contribution is -2.39. The van der Waals surface area contributed by atoms with Crippen molar-refractivity contribution in [3.8, 4) is 0 Å². The summed E-state index contributed by atoms with van der Waals surface area (Å²) in [4.78, 5) is 19.5. The number of rotatable bonds is 2. The highest BCUT2D eigenvalue weighted by Gasteiger charge is 2.46. The van der Waals surface area contributed by atoms with Crippen molar-refractivity contribution in [3.05, 3.63) is 18.5 Å². The molecule has 1 aromatic rings. The van der Waals surface area contributed by atoms with E-state index in [0.29, 0.717) is 12.5 Å². The number of nitrogens with zero attached hydrogens (tertiary/aromatic N) is 4. The van der Waals surface area contributed by atoms with Gasteiger partial charge in [0, 0.05) is 37.6 Å². The molecule has 0 aromatic carbocycles. The maximum absolute atomic E-state index is 11.7. The fourth-order valence-corrected chi connectivity index (χ4v) is 4.22. The summed E-state index contributed by atoms with van der Waals surface area (Å²) in [6.07, 6.45) is 1.36. The summed E-state index contributed by atoms with van der Waals surface area (Å²) in [5, 5.41) is 7.12. The summed E-state index contributed by atoms with van der Waals surface area (Å²) in [6.45, 7) is 1.43. The number of carboxylic acids is 1. The largest absolute Gasteiger partial charge is 0.490 e. The Balaban J connectivity index is 0.000000277. The number of alkyl halides is 3. The first-order valence-electron chi connectivity index (χ1n) is 7.32. The Morgan fingerprint density at radius 2 is 1.72 bits per heavy atom. The number of aliphatic carboxylic acids is 1. The van der Waals surface area contributed by atoms with Gasteiger partial charge in [0.25, 0.3) is 0 Å². The first-order valence-corrected chi connectivity index (χ1v) is 9.17. The molecule has 0 unspecified atom stereocenters. The smallest absolute Gasteiger partial charge is 0.475 e. The minimum absolute atomic E-state index is 0.0869. The lowest BCUT2D eigenvalue weighted by Gasteiger charge is -2.24. The van der Waals surface area contributed by atoms with Gasteiger partial charge in [0.15, 0.2) is 0 Å². The fourth-order valence-electron chi connectivity index (χ4n) is 3.05. The molecule has 1 N–H and O–H groups in total. The third-order valence-corrected chi connectivity index (χ3v) is 5.31. The Kier molecular flexibility index (Phi) is 5.52. The van der Waals surface area contributed by atoms with Crippen LogP contribution in [0.5, 0.6) is 0 Å². The molecule has 12 heteroatoms. The van der Waals surface area contributed by atoms with Crippen LogP contribution in [0.3, 0.4) is 0 Å². The molecule has 3 rings (SSSR count). The highest BCUT2D eigenvalue weighted by atomic mass is 32.2. The lowest BCUT2D eigenvalue weighted by atomic mass is 10.1. The molecule has 2 saturated heterocycles. The van der Waals surface area contributed by atoms with Crippen molar-refractivity contribution in [3.63, 3.8) is 0 Å².